The molecule has 1 rings (SSSR count). The lowest BCUT2D eigenvalue weighted by molar-refractivity contribution is -0.104. The highest BCUT2D eigenvalue weighted by atomic mass is 16.5. The van der Waals surface area contributed by atoms with E-state index in [1.807, 2.05) is 6.92 Å². The molecule has 46 heavy (non-hydrogen) atoms. The number of allylic oxidation sites excluding steroid dienone is 8. The van der Waals surface area contributed by atoms with E-state index in [9.17, 15) is 9.90 Å². The Kier molecular flexibility index (Phi) is 29.0. The predicted octanol–water partition coefficient (Wildman–Crippen LogP) is 12.7. The van der Waals surface area contributed by atoms with Crippen LogP contribution in [-0.4, -0.2) is 31.7 Å². The number of rotatable bonds is 19. The molecule has 7 unspecified atom stereocenters. The summed E-state index contributed by atoms with van der Waals surface area (Å²) >= 11 is 0. The highest BCUT2D eigenvalue weighted by molar-refractivity contribution is 5.71. The van der Waals surface area contributed by atoms with Crippen LogP contribution >= 0.6 is 0 Å². The number of aldehydes is 1. The second kappa shape index (κ2) is 28.6. The summed E-state index contributed by atoms with van der Waals surface area (Å²) in [6.07, 6.45) is 21.5. The lowest BCUT2D eigenvalue weighted by Gasteiger charge is -2.34. The number of carbonyl (C=O) groups excluding carboxylic acids is 1. The van der Waals surface area contributed by atoms with Gasteiger partial charge in [-0.2, -0.15) is 0 Å². The van der Waals surface area contributed by atoms with Crippen LogP contribution < -0.4 is 0 Å². The van der Waals surface area contributed by atoms with Gasteiger partial charge in [0, 0.05) is 19.6 Å². The SMILES string of the molecule is C/C=C(/C)C=O.CC/C(=C\C(C)=C(/C)CC)C1CCC(C(C)CCC(C)C(C)CCC(C)CC(CO)COC)=CC1CC.CCC. The van der Waals surface area contributed by atoms with Crippen molar-refractivity contribution in [2.24, 2.45) is 41.4 Å². The maximum Gasteiger partial charge on any atom is 0.145 e. The van der Waals surface area contributed by atoms with Gasteiger partial charge in [0.15, 0.2) is 0 Å². The van der Waals surface area contributed by atoms with Crippen molar-refractivity contribution in [3.63, 3.8) is 0 Å². The zero-order chi connectivity index (χ0) is 35.7. The minimum absolute atomic E-state index is 0.239. The van der Waals surface area contributed by atoms with Gasteiger partial charge in [0.1, 0.15) is 6.29 Å². The first kappa shape index (κ1) is 46.7. The fourth-order valence-electron chi connectivity index (χ4n) is 6.44. The molecule has 0 saturated carbocycles. The lowest BCUT2D eigenvalue weighted by atomic mass is 9.71. The molecule has 0 fully saturated rings. The first-order valence-electron chi connectivity index (χ1n) is 19.1. The molecule has 0 saturated heterocycles. The highest BCUT2D eigenvalue weighted by Crippen LogP contribution is 2.41. The number of hydrogen-bond acceptors (Lipinski definition) is 3. The number of aliphatic hydroxyl groups is 1. The van der Waals surface area contributed by atoms with Gasteiger partial charge in [0.25, 0.3) is 0 Å². The molecule has 0 aromatic carbocycles. The van der Waals surface area contributed by atoms with Crippen LogP contribution in [0.3, 0.4) is 0 Å². The molecule has 1 aliphatic rings. The van der Waals surface area contributed by atoms with Crippen LogP contribution in [0.5, 0.6) is 0 Å². The van der Waals surface area contributed by atoms with Gasteiger partial charge in [-0.25, -0.2) is 0 Å². The number of carbonyl (C=O) groups is 1. The molecule has 270 valence electrons. The van der Waals surface area contributed by atoms with Crippen LogP contribution in [0.15, 0.2) is 46.1 Å². The van der Waals surface area contributed by atoms with Crippen LogP contribution in [0, 0.1) is 41.4 Å². The standard InChI is InChI=1S/C35H64O2.C5H8O.C3H8/c1-11-26(5)30(9)21-32(12-2)35-19-18-34(22-33(35)13-3)29(8)17-16-28(7)27(6)15-14-25(4)20-31(23-36)24-37-10;1-3-5(2)4-6;1-3-2/h21-22,25,27-29,31,33,35-36H,11-20,23-24H2,1-10H3;3-4H,1-2H3;3H2,1-2H3/b30-26+,32-21+;5-3-;. The third-order valence-corrected chi connectivity index (χ3v) is 10.5. The van der Waals surface area contributed by atoms with E-state index in [2.05, 4.69) is 88.3 Å². The molecule has 1 N–H and O–H groups in total. The van der Waals surface area contributed by atoms with Gasteiger partial charge in [-0.1, -0.05) is 122 Å². The van der Waals surface area contributed by atoms with Crippen LogP contribution in [0.25, 0.3) is 0 Å². The molecule has 0 spiro atoms. The van der Waals surface area contributed by atoms with E-state index in [0.717, 1.165) is 42.5 Å². The summed E-state index contributed by atoms with van der Waals surface area (Å²) in [5, 5.41) is 9.56. The Bertz CT molecular complexity index is 892. The summed E-state index contributed by atoms with van der Waals surface area (Å²) in [4.78, 5) is 9.67. The average molecular weight is 645 g/mol. The Balaban J connectivity index is 0. The molecular weight excluding hydrogens is 564 g/mol. The number of methoxy groups -OCH3 is 1. The molecule has 3 heteroatoms. The minimum Gasteiger partial charge on any atom is -0.396 e. The molecule has 0 aromatic heterocycles. The van der Waals surface area contributed by atoms with Gasteiger partial charge < -0.3 is 9.84 Å². The molecule has 0 aromatic rings. The summed E-state index contributed by atoms with van der Waals surface area (Å²) in [5.74, 6) is 4.60. The van der Waals surface area contributed by atoms with Crippen molar-refractivity contribution in [1.82, 2.24) is 0 Å². The summed E-state index contributed by atoms with van der Waals surface area (Å²) in [5.41, 5.74) is 7.20. The van der Waals surface area contributed by atoms with Gasteiger partial charge in [-0.05, 0) is 120 Å². The zero-order valence-electron chi connectivity index (χ0n) is 33.3. The molecule has 0 aliphatic heterocycles. The Morgan fingerprint density at radius 2 is 1.54 bits per heavy atom. The van der Waals surface area contributed by atoms with Crippen molar-refractivity contribution in [2.45, 2.75) is 161 Å². The molecule has 7 atom stereocenters. The third-order valence-electron chi connectivity index (χ3n) is 10.5. The van der Waals surface area contributed by atoms with E-state index in [-0.39, 0.29) is 12.5 Å². The first-order chi connectivity index (χ1) is 21.8. The van der Waals surface area contributed by atoms with Gasteiger partial charge in [-0.15, -0.1) is 0 Å². The second-order valence-corrected chi connectivity index (χ2v) is 14.6. The largest absolute Gasteiger partial charge is 0.396 e. The maximum atomic E-state index is 9.67. The van der Waals surface area contributed by atoms with Gasteiger partial charge >= 0.3 is 0 Å². The number of aliphatic hydroxyl groups excluding tert-OH is 1. The fraction of sp³-hybridized carbons (Fsp3) is 0.791. The summed E-state index contributed by atoms with van der Waals surface area (Å²) in [6, 6.07) is 0. The van der Waals surface area contributed by atoms with E-state index in [0.29, 0.717) is 24.4 Å². The van der Waals surface area contributed by atoms with Crippen molar-refractivity contribution < 1.29 is 14.6 Å². The van der Waals surface area contributed by atoms with Gasteiger partial charge in [0.05, 0.1) is 6.61 Å². The maximum absolute atomic E-state index is 9.67. The topological polar surface area (TPSA) is 46.5 Å². The molecule has 1 aliphatic carbocycles. The lowest BCUT2D eigenvalue weighted by Crippen LogP contribution is -2.22. The molecule has 0 bridgehead atoms. The summed E-state index contributed by atoms with van der Waals surface area (Å²) in [7, 11) is 1.73. The first-order valence-corrected chi connectivity index (χ1v) is 19.1. The number of hydrogen-bond donors (Lipinski definition) is 1. The average Bonchev–Trinajstić information content (AvgIpc) is 3.07. The smallest absolute Gasteiger partial charge is 0.145 e. The number of ether oxygens (including phenoxy) is 1. The van der Waals surface area contributed by atoms with E-state index >= 15 is 0 Å². The fourth-order valence-corrected chi connectivity index (χ4v) is 6.44. The molecule has 0 amide bonds. The van der Waals surface area contributed by atoms with Crippen LogP contribution in [-0.2, 0) is 9.53 Å². The van der Waals surface area contributed by atoms with Crippen molar-refractivity contribution in [2.75, 3.05) is 20.3 Å². The van der Waals surface area contributed by atoms with Crippen molar-refractivity contribution in [3.8, 4) is 0 Å². The third kappa shape index (κ3) is 20.0. The van der Waals surface area contributed by atoms with Crippen LogP contribution in [0.4, 0.5) is 0 Å². The highest BCUT2D eigenvalue weighted by Gasteiger charge is 2.28. The van der Waals surface area contributed by atoms with E-state index < -0.39 is 0 Å². The van der Waals surface area contributed by atoms with Crippen molar-refractivity contribution in [3.05, 3.63) is 46.1 Å². The summed E-state index contributed by atoms with van der Waals surface area (Å²) in [6.45, 7) is 30.1. The van der Waals surface area contributed by atoms with E-state index in [4.69, 9.17) is 4.74 Å². The normalized spacial score (nSPS) is 20.9. The summed E-state index contributed by atoms with van der Waals surface area (Å²) < 4.78 is 5.26. The Morgan fingerprint density at radius 3 is 1.98 bits per heavy atom. The molecular formula is C43H80O3. The molecule has 0 heterocycles. The predicted molar refractivity (Wildman–Crippen MR) is 205 cm³/mol. The molecule has 0 radical (unpaired) electrons. The van der Waals surface area contributed by atoms with Crippen LogP contribution in [0.1, 0.15) is 161 Å². The van der Waals surface area contributed by atoms with Crippen molar-refractivity contribution >= 4 is 6.29 Å². The van der Waals surface area contributed by atoms with Crippen molar-refractivity contribution in [1.29, 1.82) is 0 Å². The molecule has 3 nitrogen and oxygen atoms in total. The van der Waals surface area contributed by atoms with Gasteiger partial charge in [-0.3, -0.25) is 4.79 Å². The quantitative estimate of drug-likeness (QED) is 0.0658. The Morgan fingerprint density at radius 1 is 0.957 bits per heavy atom. The monoisotopic (exact) mass is 645 g/mol. The zero-order valence-corrected chi connectivity index (χ0v) is 33.3. The minimum atomic E-state index is 0.239. The van der Waals surface area contributed by atoms with Gasteiger partial charge in [0.2, 0.25) is 0 Å². The Labute approximate surface area is 288 Å². The second-order valence-electron chi connectivity index (χ2n) is 14.6. The van der Waals surface area contributed by atoms with E-state index in [1.54, 1.807) is 31.3 Å². The van der Waals surface area contributed by atoms with E-state index in [1.165, 1.54) is 68.9 Å². The van der Waals surface area contributed by atoms with Crippen LogP contribution in [0.2, 0.25) is 0 Å². The Hall–Kier alpha value is -1.45.